The van der Waals surface area contributed by atoms with Gasteiger partial charge < -0.3 is 20.2 Å². The lowest BCUT2D eigenvalue weighted by molar-refractivity contribution is -0.148. The van der Waals surface area contributed by atoms with Gasteiger partial charge >= 0.3 is 5.97 Å². The Labute approximate surface area is 121 Å². The number of carboxylic acid groups (broad SMARTS) is 1. The molecular formula is C14H18N2O5. The summed E-state index contributed by atoms with van der Waals surface area (Å²) in [5.74, 6) is -2.09. The van der Waals surface area contributed by atoms with E-state index in [-0.39, 0.29) is 11.7 Å². The molecule has 3 N–H and O–H groups in total. The molecule has 2 atom stereocenters. The Balaban J connectivity index is 1.96. The quantitative estimate of drug-likeness (QED) is 0.718. The summed E-state index contributed by atoms with van der Waals surface area (Å²) in [6, 6.07) is 2.18. The van der Waals surface area contributed by atoms with Crippen molar-refractivity contribution in [3.8, 4) is 0 Å². The van der Waals surface area contributed by atoms with Gasteiger partial charge in [0.2, 0.25) is 5.91 Å². The Morgan fingerprint density at radius 3 is 2.57 bits per heavy atom. The second-order valence-electron chi connectivity index (χ2n) is 5.44. The predicted molar refractivity (Wildman–Crippen MR) is 72.5 cm³/mol. The molecule has 0 aliphatic heterocycles. The van der Waals surface area contributed by atoms with Crippen LogP contribution in [0.3, 0.4) is 0 Å². The first-order valence-corrected chi connectivity index (χ1v) is 6.74. The molecule has 0 spiro atoms. The highest BCUT2D eigenvalue weighted by molar-refractivity contribution is 5.96. The molecule has 1 aromatic rings. The molecule has 1 aliphatic rings. The molecule has 2 unspecified atom stereocenters. The standard InChI is InChI=1S/C14H18N2O5/c1-8(15-12(18)10-4-3-7-21-10)11(17)16-14(2,13(19)20)9-5-6-9/h3-4,7-9H,5-6H2,1-2H3,(H,15,18)(H,16,17)(H,19,20). The van der Waals surface area contributed by atoms with Crippen LogP contribution >= 0.6 is 0 Å². The molecule has 21 heavy (non-hydrogen) atoms. The first-order chi connectivity index (χ1) is 9.84. The summed E-state index contributed by atoms with van der Waals surface area (Å²) < 4.78 is 4.93. The summed E-state index contributed by atoms with van der Waals surface area (Å²) >= 11 is 0. The summed E-state index contributed by atoms with van der Waals surface area (Å²) in [5, 5.41) is 14.3. The Morgan fingerprint density at radius 1 is 1.43 bits per heavy atom. The number of furan rings is 1. The Bertz CT molecular complexity index is 550. The van der Waals surface area contributed by atoms with Crippen molar-refractivity contribution in [3.05, 3.63) is 24.2 Å². The summed E-state index contributed by atoms with van der Waals surface area (Å²) in [4.78, 5) is 35.2. The van der Waals surface area contributed by atoms with Crippen LogP contribution in [0.25, 0.3) is 0 Å². The minimum atomic E-state index is -1.29. The van der Waals surface area contributed by atoms with Gasteiger partial charge in [-0.15, -0.1) is 0 Å². The maximum absolute atomic E-state index is 12.1. The van der Waals surface area contributed by atoms with Crippen molar-refractivity contribution >= 4 is 17.8 Å². The van der Waals surface area contributed by atoms with Gasteiger partial charge in [-0.2, -0.15) is 0 Å². The van der Waals surface area contributed by atoms with E-state index in [2.05, 4.69) is 10.6 Å². The van der Waals surface area contributed by atoms with Gasteiger partial charge in [0, 0.05) is 0 Å². The van der Waals surface area contributed by atoms with Crippen LogP contribution in [0.1, 0.15) is 37.2 Å². The summed E-state index contributed by atoms with van der Waals surface area (Å²) in [6.07, 6.45) is 2.90. The first kappa shape index (κ1) is 15.1. The number of hydrogen-bond acceptors (Lipinski definition) is 4. The fourth-order valence-corrected chi connectivity index (χ4v) is 2.10. The lowest BCUT2D eigenvalue weighted by atomic mass is 9.95. The largest absolute Gasteiger partial charge is 0.480 e. The molecular weight excluding hydrogens is 276 g/mol. The van der Waals surface area contributed by atoms with Gasteiger partial charge in [0.05, 0.1) is 6.26 Å². The normalized spacial score (nSPS) is 18.4. The van der Waals surface area contributed by atoms with Crippen molar-refractivity contribution < 1.29 is 23.9 Å². The smallest absolute Gasteiger partial charge is 0.329 e. The van der Waals surface area contributed by atoms with E-state index in [1.54, 1.807) is 6.07 Å². The Hall–Kier alpha value is -2.31. The van der Waals surface area contributed by atoms with Crippen LogP contribution < -0.4 is 10.6 Å². The van der Waals surface area contributed by atoms with Gasteiger partial charge in [-0.25, -0.2) is 4.79 Å². The molecule has 1 fully saturated rings. The molecule has 1 saturated carbocycles. The Kier molecular flexibility index (Phi) is 4.02. The topological polar surface area (TPSA) is 109 Å². The minimum absolute atomic E-state index is 0.0630. The molecule has 1 aliphatic carbocycles. The van der Waals surface area contributed by atoms with Gasteiger partial charge in [0.25, 0.3) is 5.91 Å². The highest BCUT2D eigenvalue weighted by Gasteiger charge is 2.49. The molecule has 7 nitrogen and oxygen atoms in total. The zero-order chi connectivity index (χ0) is 15.6. The molecule has 7 heteroatoms. The minimum Gasteiger partial charge on any atom is -0.480 e. The maximum atomic E-state index is 12.1. The summed E-state index contributed by atoms with van der Waals surface area (Å²) in [5.41, 5.74) is -1.29. The van der Waals surface area contributed by atoms with Crippen LogP contribution in [0.15, 0.2) is 22.8 Å². The van der Waals surface area contributed by atoms with Gasteiger partial charge in [0.1, 0.15) is 11.6 Å². The lowest BCUT2D eigenvalue weighted by Gasteiger charge is -2.27. The number of carboxylic acids is 1. The predicted octanol–water partition coefficient (Wildman–Crippen LogP) is 0.767. The zero-order valence-electron chi connectivity index (χ0n) is 11.9. The highest BCUT2D eigenvalue weighted by Crippen LogP contribution is 2.39. The van der Waals surface area contributed by atoms with Crippen molar-refractivity contribution in [2.45, 2.75) is 38.3 Å². The van der Waals surface area contributed by atoms with Crippen LogP contribution in [0.2, 0.25) is 0 Å². The zero-order valence-corrected chi connectivity index (χ0v) is 11.9. The fourth-order valence-electron chi connectivity index (χ4n) is 2.10. The fraction of sp³-hybridized carbons (Fsp3) is 0.500. The number of amides is 2. The van der Waals surface area contributed by atoms with Crippen molar-refractivity contribution in [1.82, 2.24) is 10.6 Å². The summed E-state index contributed by atoms with van der Waals surface area (Å²) in [7, 11) is 0. The van der Waals surface area contributed by atoms with Crippen LogP contribution in [-0.4, -0.2) is 34.5 Å². The van der Waals surface area contributed by atoms with E-state index >= 15 is 0 Å². The van der Waals surface area contributed by atoms with E-state index in [4.69, 9.17) is 4.42 Å². The van der Waals surface area contributed by atoms with Crippen molar-refractivity contribution in [2.24, 2.45) is 5.92 Å². The monoisotopic (exact) mass is 294 g/mol. The number of carbonyl (C=O) groups excluding carboxylic acids is 2. The van der Waals surface area contributed by atoms with E-state index in [1.807, 2.05) is 0 Å². The Morgan fingerprint density at radius 2 is 2.10 bits per heavy atom. The highest BCUT2D eigenvalue weighted by atomic mass is 16.4. The molecule has 0 bridgehead atoms. The van der Waals surface area contributed by atoms with Gasteiger partial charge in [-0.1, -0.05) is 0 Å². The molecule has 0 saturated heterocycles. The van der Waals surface area contributed by atoms with Crippen molar-refractivity contribution in [1.29, 1.82) is 0 Å². The molecule has 114 valence electrons. The molecule has 0 aromatic carbocycles. The molecule has 2 amide bonds. The third kappa shape index (κ3) is 3.24. The van der Waals surface area contributed by atoms with E-state index in [0.29, 0.717) is 0 Å². The van der Waals surface area contributed by atoms with Crippen LogP contribution in [0, 0.1) is 5.92 Å². The van der Waals surface area contributed by atoms with E-state index < -0.39 is 29.4 Å². The average Bonchev–Trinajstić information content (AvgIpc) is 3.13. The van der Waals surface area contributed by atoms with Gasteiger partial charge in [-0.05, 0) is 44.7 Å². The molecule has 1 heterocycles. The number of carbonyl (C=O) groups is 3. The average molecular weight is 294 g/mol. The van der Waals surface area contributed by atoms with E-state index in [9.17, 15) is 19.5 Å². The van der Waals surface area contributed by atoms with Crippen molar-refractivity contribution in [3.63, 3.8) is 0 Å². The third-order valence-electron chi connectivity index (χ3n) is 3.71. The van der Waals surface area contributed by atoms with Gasteiger partial charge in [-0.3, -0.25) is 9.59 Å². The SMILES string of the molecule is CC(NC(=O)c1ccco1)C(=O)NC(C)(C(=O)O)C1CC1. The number of hydrogen-bond donors (Lipinski definition) is 3. The second-order valence-corrected chi connectivity index (χ2v) is 5.44. The molecule has 2 rings (SSSR count). The van der Waals surface area contributed by atoms with Crippen LogP contribution in [0.4, 0.5) is 0 Å². The maximum Gasteiger partial charge on any atom is 0.329 e. The van der Waals surface area contributed by atoms with E-state index in [0.717, 1.165) is 12.8 Å². The summed E-state index contributed by atoms with van der Waals surface area (Å²) in [6.45, 7) is 2.98. The van der Waals surface area contributed by atoms with E-state index in [1.165, 1.54) is 26.2 Å². The van der Waals surface area contributed by atoms with Gasteiger partial charge in [0.15, 0.2) is 5.76 Å². The number of aliphatic carboxylic acids is 1. The molecule has 1 aromatic heterocycles. The second kappa shape index (κ2) is 5.59. The number of rotatable bonds is 6. The van der Waals surface area contributed by atoms with Crippen LogP contribution in [0.5, 0.6) is 0 Å². The van der Waals surface area contributed by atoms with Crippen molar-refractivity contribution in [2.75, 3.05) is 0 Å². The molecule has 0 radical (unpaired) electrons. The first-order valence-electron chi connectivity index (χ1n) is 6.74. The van der Waals surface area contributed by atoms with Crippen LogP contribution in [-0.2, 0) is 9.59 Å². The third-order valence-corrected chi connectivity index (χ3v) is 3.71. The number of nitrogens with one attached hydrogen (secondary N) is 2. The lowest BCUT2D eigenvalue weighted by Crippen LogP contribution is -2.58.